The highest BCUT2D eigenvalue weighted by atomic mass is 16.2. The number of benzene rings is 2. The van der Waals surface area contributed by atoms with Crippen molar-refractivity contribution in [2.24, 2.45) is 5.10 Å². The molecule has 0 heterocycles. The second-order valence-corrected chi connectivity index (χ2v) is 4.96. The van der Waals surface area contributed by atoms with Gasteiger partial charge in [-0.2, -0.15) is 5.10 Å². The second-order valence-electron chi connectivity index (χ2n) is 4.96. The smallest absolute Gasteiger partial charge is 0.241 e. The summed E-state index contributed by atoms with van der Waals surface area (Å²) in [5.74, 6) is -0.404. The SMILES string of the molecule is CC(=O)NCCC(=O)NN=C(c1ccccc1)c1ccccc1. The molecule has 0 aromatic heterocycles. The molecule has 2 rings (SSSR count). The number of hydrazone groups is 1. The average Bonchev–Trinajstić information content (AvgIpc) is 2.57. The van der Waals surface area contributed by atoms with E-state index in [0.717, 1.165) is 11.1 Å². The third-order valence-electron chi connectivity index (χ3n) is 3.11. The summed E-state index contributed by atoms with van der Waals surface area (Å²) in [6.45, 7) is 1.71. The van der Waals surface area contributed by atoms with Crippen LogP contribution in [0.2, 0.25) is 0 Å². The van der Waals surface area contributed by atoms with Gasteiger partial charge in [0.25, 0.3) is 0 Å². The fourth-order valence-electron chi connectivity index (χ4n) is 2.01. The standard InChI is InChI=1S/C18H19N3O2/c1-14(22)19-13-12-17(23)20-21-18(15-8-4-2-5-9-15)16-10-6-3-7-11-16/h2-11H,12-13H2,1H3,(H,19,22)(H,20,23). The van der Waals surface area contributed by atoms with Crippen LogP contribution in [0.15, 0.2) is 65.8 Å². The van der Waals surface area contributed by atoms with Crippen molar-refractivity contribution in [3.8, 4) is 0 Å². The molecular weight excluding hydrogens is 290 g/mol. The molecule has 0 saturated heterocycles. The van der Waals surface area contributed by atoms with E-state index in [1.807, 2.05) is 60.7 Å². The molecule has 0 bridgehead atoms. The third-order valence-corrected chi connectivity index (χ3v) is 3.11. The fraction of sp³-hybridized carbons (Fsp3) is 0.167. The van der Waals surface area contributed by atoms with Gasteiger partial charge in [-0.25, -0.2) is 5.43 Å². The lowest BCUT2D eigenvalue weighted by Crippen LogP contribution is -2.27. The van der Waals surface area contributed by atoms with Crippen LogP contribution in [0.5, 0.6) is 0 Å². The van der Waals surface area contributed by atoms with Gasteiger partial charge < -0.3 is 5.32 Å². The molecule has 5 heteroatoms. The zero-order chi connectivity index (χ0) is 16.5. The summed E-state index contributed by atoms with van der Waals surface area (Å²) in [6.07, 6.45) is 0.180. The molecule has 2 amide bonds. The van der Waals surface area contributed by atoms with Gasteiger partial charge in [-0.05, 0) is 0 Å². The Labute approximate surface area is 135 Å². The number of amides is 2. The predicted molar refractivity (Wildman–Crippen MR) is 90.0 cm³/mol. The summed E-state index contributed by atoms with van der Waals surface area (Å²) in [4.78, 5) is 22.6. The van der Waals surface area contributed by atoms with E-state index in [1.165, 1.54) is 6.92 Å². The van der Waals surface area contributed by atoms with Crippen LogP contribution in [0.25, 0.3) is 0 Å². The van der Waals surface area contributed by atoms with Crippen LogP contribution in [0.4, 0.5) is 0 Å². The lowest BCUT2D eigenvalue weighted by molar-refractivity contribution is -0.121. The quantitative estimate of drug-likeness (QED) is 0.633. The van der Waals surface area contributed by atoms with Crippen LogP contribution < -0.4 is 10.7 Å². The minimum atomic E-state index is -0.247. The molecule has 2 aromatic carbocycles. The fourth-order valence-corrected chi connectivity index (χ4v) is 2.01. The van der Waals surface area contributed by atoms with E-state index >= 15 is 0 Å². The van der Waals surface area contributed by atoms with Crippen LogP contribution in [0.1, 0.15) is 24.5 Å². The van der Waals surface area contributed by atoms with E-state index in [0.29, 0.717) is 12.3 Å². The maximum Gasteiger partial charge on any atom is 0.241 e. The largest absolute Gasteiger partial charge is 0.356 e. The van der Waals surface area contributed by atoms with E-state index < -0.39 is 0 Å². The Kier molecular flexibility index (Phi) is 6.06. The number of carbonyl (C=O) groups is 2. The summed E-state index contributed by atoms with van der Waals surface area (Å²) in [5, 5.41) is 6.85. The number of nitrogens with zero attached hydrogens (tertiary/aromatic N) is 1. The van der Waals surface area contributed by atoms with Gasteiger partial charge in [-0.15, -0.1) is 0 Å². The monoisotopic (exact) mass is 309 g/mol. The Morgan fingerprint density at radius 3 is 1.91 bits per heavy atom. The van der Waals surface area contributed by atoms with E-state index in [4.69, 9.17) is 0 Å². The molecule has 0 fully saturated rings. The van der Waals surface area contributed by atoms with Crippen molar-refractivity contribution in [1.29, 1.82) is 0 Å². The highest BCUT2D eigenvalue weighted by Crippen LogP contribution is 2.10. The van der Waals surface area contributed by atoms with E-state index in [1.54, 1.807) is 0 Å². The van der Waals surface area contributed by atoms with Crippen LogP contribution in [-0.2, 0) is 9.59 Å². The molecule has 0 aliphatic rings. The summed E-state index contributed by atoms with van der Waals surface area (Å²) in [6, 6.07) is 19.3. The zero-order valence-corrected chi connectivity index (χ0v) is 13.0. The van der Waals surface area contributed by atoms with Crippen molar-refractivity contribution in [2.75, 3.05) is 6.54 Å². The summed E-state index contributed by atoms with van der Waals surface area (Å²) in [7, 11) is 0. The molecule has 5 nitrogen and oxygen atoms in total. The Hall–Kier alpha value is -2.95. The third kappa shape index (κ3) is 5.39. The van der Waals surface area contributed by atoms with Gasteiger partial charge in [0.1, 0.15) is 0 Å². The number of hydrogen-bond donors (Lipinski definition) is 2. The van der Waals surface area contributed by atoms with E-state index in [2.05, 4.69) is 15.8 Å². The van der Waals surface area contributed by atoms with E-state index in [9.17, 15) is 9.59 Å². The normalized spacial score (nSPS) is 9.78. The highest BCUT2D eigenvalue weighted by Gasteiger charge is 2.07. The van der Waals surface area contributed by atoms with Gasteiger partial charge in [0.15, 0.2) is 0 Å². The number of rotatable bonds is 6. The van der Waals surface area contributed by atoms with Crippen molar-refractivity contribution in [1.82, 2.24) is 10.7 Å². The maximum atomic E-state index is 11.8. The molecule has 0 atom stereocenters. The molecule has 118 valence electrons. The Balaban J connectivity index is 2.12. The molecule has 2 N–H and O–H groups in total. The molecule has 0 unspecified atom stereocenters. The van der Waals surface area contributed by atoms with Crippen LogP contribution in [-0.4, -0.2) is 24.1 Å². The number of carbonyl (C=O) groups excluding carboxylic acids is 2. The molecule has 0 radical (unpaired) electrons. The molecule has 0 aliphatic carbocycles. The minimum absolute atomic E-state index is 0.157. The maximum absolute atomic E-state index is 11.8. The number of hydrogen-bond acceptors (Lipinski definition) is 3. The van der Waals surface area contributed by atoms with Gasteiger partial charge in [0.2, 0.25) is 11.8 Å². The van der Waals surface area contributed by atoms with Crippen molar-refractivity contribution >= 4 is 17.5 Å². The Bertz CT molecular complexity index is 640. The number of nitrogens with one attached hydrogen (secondary N) is 2. The van der Waals surface area contributed by atoms with Crippen LogP contribution >= 0.6 is 0 Å². The second kappa shape index (κ2) is 8.48. The van der Waals surface area contributed by atoms with Gasteiger partial charge >= 0.3 is 0 Å². The van der Waals surface area contributed by atoms with Crippen molar-refractivity contribution in [3.05, 3.63) is 71.8 Å². The zero-order valence-electron chi connectivity index (χ0n) is 13.0. The first-order valence-corrected chi connectivity index (χ1v) is 7.38. The molecule has 0 aliphatic heterocycles. The highest BCUT2D eigenvalue weighted by molar-refractivity contribution is 6.13. The van der Waals surface area contributed by atoms with E-state index in [-0.39, 0.29) is 18.2 Å². The molecule has 2 aromatic rings. The van der Waals surface area contributed by atoms with Crippen LogP contribution in [0, 0.1) is 0 Å². The van der Waals surface area contributed by atoms with Gasteiger partial charge in [0.05, 0.1) is 5.71 Å². The first-order valence-electron chi connectivity index (χ1n) is 7.38. The van der Waals surface area contributed by atoms with Crippen molar-refractivity contribution in [2.45, 2.75) is 13.3 Å². The Morgan fingerprint density at radius 1 is 0.913 bits per heavy atom. The molecular formula is C18H19N3O2. The summed E-state index contributed by atoms with van der Waals surface area (Å²) in [5.41, 5.74) is 5.08. The lowest BCUT2D eigenvalue weighted by Gasteiger charge is -2.08. The van der Waals surface area contributed by atoms with Gasteiger partial charge in [-0.3, -0.25) is 9.59 Å². The summed E-state index contributed by atoms with van der Waals surface area (Å²) < 4.78 is 0. The first kappa shape index (κ1) is 16.4. The minimum Gasteiger partial charge on any atom is -0.356 e. The molecule has 0 spiro atoms. The average molecular weight is 309 g/mol. The summed E-state index contributed by atoms with van der Waals surface area (Å²) >= 11 is 0. The lowest BCUT2D eigenvalue weighted by atomic mass is 10.0. The van der Waals surface area contributed by atoms with Gasteiger partial charge in [0, 0.05) is 31.0 Å². The molecule has 23 heavy (non-hydrogen) atoms. The van der Waals surface area contributed by atoms with Crippen molar-refractivity contribution in [3.63, 3.8) is 0 Å². The molecule has 0 saturated carbocycles. The van der Waals surface area contributed by atoms with Gasteiger partial charge in [-0.1, -0.05) is 60.7 Å². The first-order chi connectivity index (χ1) is 11.2. The predicted octanol–water partition coefficient (Wildman–Crippen LogP) is 2.08. The van der Waals surface area contributed by atoms with Crippen LogP contribution in [0.3, 0.4) is 0 Å². The van der Waals surface area contributed by atoms with Crippen molar-refractivity contribution < 1.29 is 9.59 Å². The Morgan fingerprint density at radius 2 is 1.43 bits per heavy atom. The topological polar surface area (TPSA) is 70.6 Å².